The van der Waals surface area contributed by atoms with Gasteiger partial charge in [0.05, 0.1) is 0 Å². The Labute approximate surface area is 116 Å². The molecule has 0 heterocycles. The molecular formula is C9H13F6O4Sb. The number of alkyl halides is 3. The minimum atomic E-state index is -5.46. The molecule has 0 saturated carbocycles. The third-order valence-electron chi connectivity index (χ3n) is 2.21. The predicted octanol–water partition coefficient (Wildman–Crippen LogP) is 2.47. The molecule has 0 spiro atoms. The Hall–Kier alpha value is -0.182. The summed E-state index contributed by atoms with van der Waals surface area (Å²) in [5.74, 6) is -7.97. The topological polar surface area (TPSA) is 66.8 Å². The van der Waals surface area contributed by atoms with Crippen LogP contribution < -0.4 is 0 Å². The number of hydrogen-bond donors (Lipinski definition) is 2. The van der Waals surface area contributed by atoms with Crippen LogP contribution in [-0.4, -0.2) is 45.5 Å². The van der Waals surface area contributed by atoms with E-state index in [1.54, 1.807) is 0 Å². The average molecular weight is 421 g/mol. The predicted molar refractivity (Wildman–Crippen MR) is 55.5 cm³/mol. The molecule has 4 nitrogen and oxygen atoms in total. The Balaban J connectivity index is 4.03. The number of halogens is 6. The van der Waals surface area contributed by atoms with Crippen LogP contribution in [0.5, 0.6) is 0 Å². The summed E-state index contributed by atoms with van der Waals surface area (Å²) in [6.07, 6.45) is -7.29. The van der Waals surface area contributed by atoms with Crippen molar-refractivity contribution in [3.05, 3.63) is 11.9 Å². The molecule has 0 bridgehead atoms. The monoisotopic (exact) mass is 420 g/mol. The molecule has 2 N–H and O–H groups in total. The third-order valence-corrected chi connectivity index (χ3v) is 3.69. The van der Waals surface area contributed by atoms with Crippen molar-refractivity contribution in [2.45, 2.75) is 37.8 Å². The fourth-order valence-corrected chi connectivity index (χ4v) is 2.28. The Bertz CT molecular complexity index is 379. The van der Waals surface area contributed by atoms with Gasteiger partial charge in [0.2, 0.25) is 0 Å². The number of allylic oxidation sites excluding steroid dienone is 1. The van der Waals surface area contributed by atoms with Gasteiger partial charge in [0.1, 0.15) is 0 Å². The molecule has 0 aromatic carbocycles. The van der Waals surface area contributed by atoms with Gasteiger partial charge >= 0.3 is 115 Å². The maximum atomic E-state index is 13.0. The average Bonchev–Trinajstić information content (AvgIpc) is 2.30. The molecule has 0 rings (SSSR count). The first-order valence-electron chi connectivity index (χ1n) is 5.41. The Kier molecular flexibility index (Phi) is 8.23. The van der Waals surface area contributed by atoms with Crippen molar-refractivity contribution < 1.29 is 39.1 Å². The second kappa shape index (κ2) is 8.31. The van der Waals surface area contributed by atoms with E-state index in [1.165, 1.54) is 0 Å². The molecule has 0 aliphatic carbocycles. The van der Waals surface area contributed by atoms with Gasteiger partial charge in [-0.05, 0) is 0 Å². The van der Waals surface area contributed by atoms with Crippen LogP contribution >= 0.6 is 0 Å². The van der Waals surface area contributed by atoms with Crippen LogP contribution in [0, 0.1) is 0 Å². The first-order chi connectivity index (χ1) is 8.98. The fourth-order valence-electron chi connectivity index (χ4n) is 1.23. The van der Waals surface area contributed by atoms with Crippen molar-refractivity contribution in [2.75, 3.05) is 6.61 Å². The van der Waals surface area contributed by atoms with E-state index in [0.717, 1.165) is 0 Å². The number of hydrogen-bond acceptors (Lipinski definition) is 2. The van der Waals surface area contributed by atoms with E-state index in [0.29, 0.717) is 0 Å². The second-order valence-electron chi connectivity index (χ2n) is 3.84. The van der Waals surface area contributed by atoms with Gasteiger partial charge in [-0.15, -0.1) is 0 Å². The molecule has 1 unspecified atom stereocenters. The standard InChI is InChI=1S/C9H11F6O.2H2O.O.Sb/c10-6(4-2-1-3-5-16)9(14,15)7(11)8(12)13;;;;/h6H,1-5H2;2*1H2;;/q-1;;;;+3/p-2. The summed E-state index contributed by atoms with van der Waals surface area (Å²) >= 11 is -5.46. The van der Waals surface area contributed by atoms with Crippen LogP contribution in [0.25, 0.3) is 0 Å². The fraction of sp³-hybridized carbons (Fsp3) is 0.778. The van der Waals surface area contributed by atoms with Crippen molar-refractivity contribution in [2.24, 2.45) is 0 Å². The summed E-state index contributed by atoms with van der Waals surface area (Å²) in [4.78, 5) is 0. The summed E-state index contributed by atoms with van der Waals surface area (Å²) in [6, 6.07) is 0. The first-order valence-corrected chi connectivity index (χ1v) is 9.78. The zero-order chi connectivity index (χ0) is 16.0. The maximum absolute atomic E-state index is 13.0. The Morgan fingerprint density at radius 3 is 2.15 bits per heavy atom. The van der Waals surface area contributed by atoms with E-state index in [4.69, 9.17) is 6.77 Å². The van der Waals surface area contributed by atoms with E-state index >= 15 is 0 Å². The summed E-state index contributed by atoms with van der Waals surface area (Å²) in [5.41, 5.74) is 0. The van der Waals surface area contributed by atoms with E-state index in [1.807, 2.05) is 0 Å². The van der Waals surface area contributed by atoms with Gasteiger partial charge in [0, 0.05) is 0 Å². The van der Waals surface area contributed by atoms with Gasteiger partial charge in [-0.2, -0.15) is 0 Å². The van der Waals surface area contributed by atoms with Crippen molar-refractivity contribution in [1.29, 1.82) is 0 Å². The zero-order valence-corrected chi connectivity index (χ0v) is 12.6. The van der Waals surface area contributed by atoms with Gasteiger partial charge in [-0.25, -0.2) is 0 Å². The van der Waals surface area contributed by atoms with Crippen LogP contribution in [-0.2, 0) is 6.03 Å². The van der Waals surface area contributed by atoms with Crippen molar-refractivity contribution in [3.63, 3.8) is 0 Å². The third kappa shape index (κ3) is 7.56. The van der Waals surface area contributed by atoms with Gasteiger partial charge in [0.25, 0.3) is 0 Å². The van der Waals surface area contributed by atoms with Gasteiger partial charge in [-0.1, -0.05) is 0 Å². The van der Waals surface area contributed by atoms with Gasteiger partial charge < -0.3 is 0 Å². The van der Waals surface area contributed by atoms with Gasteiger partial charge in [-0.3, -0.25) is 0 Å². The van der Waals surface area contributed by atoms with E-state index in [9.17, 15) is 29.4 Å². The molecule has 11 heteroatoms. The Morgan fingerprint density at radius 2 is 1.70 bits per heavy atom. The summed E-state index contributed by atoms with van der Waals surface area (Å²) < 4.78 is 105. The molecule has 0 amide bonds. The van der Waals surface area contributed by atoms with Crippen LogP contribution in [0.4, 0.5) is 26.3 Å². The summed E-state index contributed by atoms with van der Waals surface area (Å²) in [7, 11) is 0. The molecule has 0 aromatic rings. The Morgan fingerprint density at radius 1 is 1.15 bits per heavy atom. The summed E-state index contributed by atoms with van der Waals surface area (Å²) in [5, 5.41) is 0. The molecular weight excluding hydrogens is 408 g/mol. The minimum absolute atomic E-state index is 0.0631. The van der Waals surface area contributed by atoms with Crippen LogP contribution in [0.3, 0.4) is 0 Å². The molecule has 0 fully saturated rings. The number of unbranched alkanes of at least 4 members (excludes halogenated alkanes) is 2. The molecule has 20 heavy (non-hydrogen) atoms. The first kappa shape index (κ1) is 19.8. The molecule has 0 aromatic heterocycles. The number of rotatable bonds is 9. The summed E-state index contributed by atoms with van der Waals surface area (Å²) in [6.45, 7) is -0.331. The van der Waals surface area contributed by atoms with E-state index in [2.05, 4.69) is 3.02 Å². The quantitative estimate of drug-likeness (QED) is 0.341. The van der Waals surface area contributed by atoms with Crippen LogP contribution in [0.1, 0.15) is 25.7 Å². The molecule has 0 aliphatic heterocycles. The molecule has 0 aliphatic rings. The molecule has 1 atom stereocenters. The second-order valence-corrected chi connectivity index (χ2v) is 7.38. The molecule has 120 valence electrons. The van der Waals surface area contributed by atoms with Crippen molar-refractivity contribution >= 4 is 20.1 Å². The van der Waals surface area contributed by atoms with E-state index < -0.39 is 50.5 Å². The van der Waals surface area contributed by atoms with E-state index in [-0.39, 0.29) is 25.9 Å². The van der Waals surface area contributed by atoms with Crippen LogP contribution in [0.2, 0.25) is 0 Å². The van der Waals surface area contributed by atoms with Crippen molar-refractivity contribution in [3.8, 4) is 0 Å². The van der Waals surface area contributed by atoms with Crippen molar-refractivity contribution in [1.82, 2.24) is 0 Å². The zero-order valence-electron chi connectivity index (χ0n) is 10.0. The normalized spacial score (nSPS) is 14.2. The van der Waals surface area contributed by atoms with Gasteiger partial charge in [0.15, 0.2) is 0 Å². The molecule has 0 radical (unpaired) electrons. The molecule has 0 saturated heterocycles. The SMILES string of the molecule is [O]=[Sb]([OH])([OH])[O]CCCCCC(F)C(F)(F)C(F)=C(F)F. The van der Waals surface area contributed by atoms with Crippen LogP contribution in [0.15, 0.2) is 11.9 Å².